The lowest BCUT2D eigenvalue weighted by molar-refractivity contribution is 0.473. The van der Waals surface area contributed by atoms with Crippen LogP contribution in [0.3, 0.4) is 0 Å². The molecule has 0 fully saturated rings. The first-order valence-corrected chi connectivity index (χ1v) is 8.40. The molecule has 2 rings (SSSR count). The van der Waals surface area contributed by atoms with Crippen molar-refractivity contribution in [2.24, 2.45) is 0 Å². The van der Waals surface area contributed by atoms with Crippen molar-refractivity contribution in [3.8, 4) is 5.88 Å². The zero-order valence-corrected chi connectivity index (χ0v) is 13.6. The smallest absolute Gasteiger partial charge is 0.314 e. The van der Waals surface area contributed by atoms with E-state index in [1.54, 1.807) is 30.3 Å². The maximum Gasteiger partial charge on any atom is 0.314 e. The van der Waals surface area contributed by atoms with E-state index in [9.17, 15) is 8.42 Å². The van der Waals surface area contributed by atoms with Gasteiger partial charge in [-0.05, 0) is 43.5 Å². The molecule has 0 saturated carbocycles. The number of nitrogens with zero attached hydrogens (tertiary/aromatic N) is 1. The molecule has 1 aromatic carbocycles. The van der Waals surface area contributed by atoms with E-state index in [-0.39, 0.29) is 11.6 Å². The fourth-order valence-electron chi connectivity index (χ4n) is 1.39. The summed E-state index contributed by atoms with van der Waals surface area (Å²) >= 11 is 6.44. The first-order valence-electron chi connectivity index (χ1n) is 5.23. The topological polar surface area (TPSA) is 56.3 Å². The summed E-state index contributed by atoms with van der Waals surface area (Å²) < 4.78 is 30.0. The van der Waals surface area contributed by atoms with Gasteiger partial charge >= 0.3 is 10.1 Å². The summed E-state index contributed by atoms with van der Waals surface area (Å²) in [5, 5.41) is 0. The van der Waals surface area contributed by atoms with Gasteiger partial charge in [-0.2, -0.15) is 8.42 Å². The molecule has 0 saturated heterocycles. The van der Waals surface area contributed by atoms with Crippen LogP contribution < -0.4 is 4.18 Å². The van der Waals surface area contributed by atoms with Crippen LogP contribution in [0.5, 0.6) is 5.88 Å². The Hall–Kier alpha value is -0.920. The molecule has 0 unspecified atom stereocenters. The third-order valence-electron chi connectivity index (χ3n) is 2.17. The zero-order valence-electron chi connectivity index (χ0n) is 9.58. The Bertz CT molecular complexity index is 675. The van der Waals surface area contributed by atoms with Crippen LogP contribution in [-0.2, 0) is 15.9 Å². The number of halogens is 2. The molecule has 0 amide bonds. The Morgan fingerprint density at radius 3 is 2.47 bits per heavy atom. The highest BCUT2D eigenvalue weighted by atomic mass is 79.9. The number of benzene rings is 1. The van der Waals surface area contributed by atoms with E-state index in [1.165, 1.54) is 6.20 Å². The fraction of sp³-hybridized carbons (Fsp3) is 0.0833. The van der Waals surface area contributed by atoms with Crippen LogP contribution in [-0.4, -0.2) is 13.4 Å². The normalized spacial score (nSPS) is 11.3. The van der Waals surface area contributed by atoms with Crippen molar-refractivity contribution < 1.29 is 12.6 Å². The lowest BCUT2D eigenvalue weighted by Gasteiger charge is -2.07. The highest BCUT2D eigenvalue weighted by Crippen LogP contribution is 2.27. The highest BCUT2D eigenvalue weighted by molar-refractivity contribution is 9.11. The van der Waals surface area contributed by atoms with Gasteiger partial charge in [0.25, 0.3) is 0 Å². The number of pyridine rings is 1. The molecule has 0 aliphatic heterocycles. The predicted molar refractivity (Wildman–Crippen MR) is 79.3 cm³/mol. The first kappa shape index (κ1) is 14.5. The standard InChI is InChI=1S/C12H9Br2NO3S/c13-10-6-11(14)12(15-7-10)18-19(16,17)8-9-4-2-1-3-5-9/h1-7H,8H2. The van der Waals surface area contributed by atoms with E-state index in [1.807, 2.05) is 6.07 Å². The lowest BCUT2D eigenvalue weighted by atomic mass is 10.2. The molecular weight excluding hydrogens is 398 g/mol. The Morgan fingerprint density at radius 2 is 1.84 bits per heavy atom. The van der Waals surface area contributed by atoms with Gasteiger partial charge < -0.3 is 4.18 Å². The SMILES string of the molecule is O=S(=O)(Cc1ccccc1)Oc1ncc(Br)cc1Br. The molecule has 0 N–H and O–H groups in total. The van der Waals surface area contributed by atoms with Crippen molar-refractivity contribution in [2.75, 3.05) is 0 Å². The molecule has 0 bridgehead atoms. The molecule has 1 aromatic heterocycles. The second-order valence-electron chi connectivity index (χ2n) is 3.71. The van der Waals surface area contributed by atoms with Crippen molar-refractivity contribution >= 4 is 42.0 Å². The number of hydrogen-bond acceptors (Lipinski definition) is 4. The van der Waals surface area contributed by atoms with Crippen LogP contribution in [0.1, 0.15) is 5.56 Å². The molecule has 19 heavy (non-hydrogen) atoms. The lowest BCUT2D eigenvalue weighted by Crippen LogP contribution is -2.13. The van der Waals surface area contributed by atoms with Crippen LogP contribution in [0.15, 0.2) is 51.5 Å². The molecule has 100 valence electrons. The van der Waals surface area contributed by atoms with E-state index in [0.717, 1.165) is 4.47 Å². The maximum atomic E-state index is 11.9. The summed E-state index contributed by atoms with van der Waals surface area (Å²) in [4.78, 5) is 3.91. The Labute approximate surface area is 128 Å². The predicted octanol–water partition coefficient (Wildman–Crippen LogP) is 3.52. The van der Waals surface area contributed by atoms with Crippen molar-refractivity contribution in [3.63, 3.8) is 0 Å². The third-order valence-corrected chi connectivity index (χ3v) is 4.27. The van der Waals surface area contributed by atoms with Crippen molar-refractivity contribution in [1.82, 2.24) is 4.98 Å². The molecular formula is C12H9Br2NO3S. The Morgan fingerprint density at radius 1 is 1.16 bits per heavy atom. The molecule has 0 aliphatic carbocycles. The van der Waals surface area contributed by atoms with E-state index in [4.69, 9.17) is 4.18 Å². The molecule has 7 heteroatoms. The molecule has 2 aromatic rings. The Balaban J connectivity index is 2.17. The summed E-state index contributed by atoms with van der Waals surface area (Å²) in [5.74, 6) is -0.169. The van der Waals surface area contributed by atoms with Gasteiger partial charge in [0.15, 0.2) is 0 Å². The summed E-state index contributed by atoms with van der Waals surface area (Å²) in [6, 6.07) is 10.5. The molecule has 0 aliphatic rings. The van der Waals surface area contributed by atoms with Crippen LogP contribution in [0, 0.1) is 0 Å². The molecule has 0 spiro atoms. The number of aromatic nitrogens is 1. The average Bonchev–Trinajstić information content (AvgIpc) is 2.33. The van der Waals surface area contributed by atoms with E-state index in [0.29, 0.717) is 10.0 Å². The summed E-state index contributed by atoms with van der Waals surface area (Å²) in [7, 11) is -3.73. The first-order chi connectivity index (χ1) is 8.96. The summed E-state index contributed by atoms with van der Waals surface area (Å²) in [6.07, 6.45) is 1.47. The zero-order chi connectivity index (χ0) is 13.9. The average molecular weight is 407 g/mol. The van der Waals surface area contributed by atoms with Crippen molar-refractivity contribution in [3.05, 3.63) is 57.1 Å². The number of rotatable bonds is 4. The fourth-order valence-corrected chi connectivity index (χ4v) is 3.60. The summed E-state index contributed by atoms with van der Waals surface area (Å²) in [5.41, 5.74) is 0.663. The maximum absolute atomic E-state index is 11.9. The van der Waals surface area contributed by atoms with Gasteiger partial charge in [0, 0.05) is 10.7 Å². The van der Waals surface area contributed by atoms with Gasteiger partial charge in [-0.15, -0.1) is 0 Å². The second kappa shape index (κ2) is 6.02. The van der Waals surface area contributed by atoms with Crippen LogP contribution in [0.2, 0.25) is 0 Å². The van der Waals surface area contributed by atoms with Gasteiger partial charge in [-0.1, -0.05) is 30.3 Å². The van der Waals surface area contributed by atoms with Gasteiger partial charge in [0.05, 0.1) is 4.47 Å². The van der Waals surface area contributed by atoms with Crippen LogP contribution in [0.25, 0.3) is 0 Å². The second-order valence-corrected chi connectivity index (χ2v) is 7.05. The molecule has 0 atom stereocenters. The molecule has 1 heterocycles. The van der Waals surface area contributed by atoms with Gasteiger partial charge in [0.2, 0.25) is 5.88 Å². The van der Waals surface area contributed by atoms with Crippen LogP contribution in [0.4, 0.5) is 0 Å². The minimum absolute atomic E-state index is 0.0270. The van der Waals surface area contributed by atoms with E-state index < -0.39 is 10.1 Å². The van der Waals surface area contributed by atoms with Gasteiger partial charge in [0.1, 0.15) is 5.75 Å². The minimum Gasteiger partial charge on any atom is -0.360 e. The highest BCUT2D eigenvalue weighted by Gasteiger charge is 2.17. The molecule has 0 radical (unpaired) electrons. The van der Waals surface area contributed by atoms with Crippen molar-refractivity contribution in [1.29, 1.82) is 0 Å². The van der Waals surface area contributed by atoms with E-state index >= 15 is 0 Å². The molecule has 4 nitrogen and oxygen atoms in total. The van der Waals surface area contributed by atoms with Crippen LogP contribution >= 0.6 is 31.9 Å². The van der Waals surface area contributed by atoms with Gasteiger partial charge in [-0.3, -0.25) is 0 Å². The minimum atomic E-state index is -3.73. The summed E-state index contributed by atoms with van der Waals surface area (Å²) in [6.45, 7) is 0. The quantitative estimate of drug-likeness (QED) is 0.729. The van der Waals surface area contributed by atoms with Gasteiger partial charge in [-0.25, -0.2) is 4.98 Å². The monoisotopic (exact) mass is 405 g/mol. The van der Waals surface area contributed by atoms with E-state index in [2.05, 4.69) is 36.8 Å². The largest absolute Gasteiger partial charge is 0.360 e. The van der Waals surface area contributed by atoms with Crippen molar-refractivity contribution in [2.45, 2.75) is 5.75 Å². The Kier molecular flexibility index (Phi) is 4.59. The number of hydrogen-bond donors (Lipinski definition) is 0. The third kappa shape index (κ3) is 4.29.